The molecule has 0 radical (unpaired) electrons. The number of primary amides is 1. The van der Waals surface area contributed by atoms with E-state index in [9.17, 15) is 14.4 Å². The van der Waals surface area contributed by atoms with Gasteiger partial charge in [0.05, 0.1) is 29.3 Å². The zero-order valence-corrected chi connectivity index (χ0v) is 17.3. The van der Waals surface area contributed by atoms with Crippen LogP contribution < -0.4 is 15.8 Å². The molecule has 1 aromatic heterocycles. The molecule has 3 N–H and O–H groups in total. The first-order valence-electron chi connectivity index (χ1n) is 9.41. The van der Waals surface area contributed by atoms with Crippen molar-refractivity contribution in [1.29, 1.82) is 0 Å². The Hall–Kier alpha value is -3.84. The minimum absolute atomic E-state index is 0.226. The zero-order valence-electron chi connectivity index (χ0n) is 16.6. The molecule has 0 bridgehead atoms. The summed E-state index contributed by atoms with van der Waals surface area (Å²) in [5.41, 5.74) is 8.88. The van der Waals surface area contributed by atoms with Crippen molar-refractivity contribution in [3.05, 3.63) is 64.2 Å². The number of carbonyl (C=O) groups is 3. The molecule has 3 amide bonds. The van der Waals surface area contributed by atoms with E-state index in [0.29, 0.717) is 43.7 Å². The molecular weight excluding hydrogens is 418 g/mol. The molecule has 3 aromatic carbocycles. The van der Waals surface area contributed by atoms with Crippen LogP contribution in [0.3, 0.4) is 0 Å². The predicted molar refractivity (Wildman–Crippen MR) is 118 cm³/mol. The number of imide groups is 1. The smallest absolute Gasteiger partial charge is 0.259 e. The van der Waals surface area contributed by atoms with E-state index in [2.05, 4.69) is 5.32 Å². The van der Waals surface area contributed by atoms with Crippen LogP contribution in [0.4, 0.5) is 0 Å². The lowest BCUT2D eigenvalue weighted by molar-refractivity contribution is 0.0879. The molecule has 7 nitrogen and oxygen atoms in total. The fraction of sp³-hybridized carbons (Fsp3) is 0.0870. The maximum absolute atomic E-state index is 12.9. The number of fused-ring (bicyclic) bond motifs is 5. The molecule has 1 aliphatic rings. The number of aryl methyl sites for hydroxylation is 1. The highest BCUT2D eigenvalue weighted by Crippen LogP contribution is 2.42. The Balaban J connectivity index is 2.00. The van der Waals surface area contributed by atoms with E-state index < -0.39 is 17.7 Å². The number of hydrogen-bond donors (Lipinski definition) is 2. The number of nitrogens with one attached hydrogen (secondary N) is 1. The quantitative estimate of drug-likeness (QED) is 0.481. The molecule has 0 atom stereocenters. The minimum atomic E-state index is -0.626. The third-order valence-corrected chi connectivity index (χ3v) is 6.06. The van der Waals surface area contributed by atoms with Gasteiger partial charge in [-0.25, -0.2) is 0 Å². The number of aromatic nitrogens is 1. The molecule has 1 aliphatic heterocycles. The highest BCUT2D eigenvalue weighted by atomic mass is 35.5. The van der Waals surface area contributed by atoms with E-state index in [1.165, 1.54) is 7.11 Å². The lowest BCUT2D eigenvalue weighted by Gasteiger charge is -2.10. The second-order valence-electron chi connectivity index (χ2n) is 7.32. The van der Waals surface area contributed by atoms with Gasteiger partial charge in [-0.3, -0.25) is 19.7 Å². The van der Waals surface area contributed by atoms with Gasteiger partial charge >= 0.3 is 0 Å². The molecular formula is C23H16ClN3O4. The largest absolute Gasteiger partial charge is 0.496 e. The van der Waals surface area contributed by atoms with Crippen LogP contribution in [0.5, 0.6) is 5.75 Å². The molecule has 31 heavy (non-hydrogen) atoms. The van der Waals surface area contributed by atoms with Gasteiger partial charge in [0, 0.05) is 33.9 Å². The Labute approximate surface area is 181 Å². The van der Waals surface area contributed by atoms with Crippen LogP contribution in [0, 0.1) is 0 Å². The number of amides is 3. The van der Waals surface area contributed by atoms with Crippen molar-refractivity contribution in [3.8, 4) is 16.9 Å². The van der Waals surface area contributed by atoms with Gasteiger partial charge in [0.2, 0.25) is 0 Å². The lowest BCUT2D eigenvalue weighted by atomic mass is 9.92. The molecule has 4 aromatic rings. The Morgan fingerprint density at radius 3 is 2.42 bits per heavy atom. The Morgan fingerprint density at radius 2 is 1.74 bits per heavy atom. The fourth-order valence-corrected chi connectivity index (χ4v) is 4.56. The van der Waals surface area contributed by atoms with Gasteiger partial charge in [-0.1, -0.05) is 29.8 Å². The molecule has 5 rings (SSSR count). The highest BCUT2D eigenvalue weighted by molar-refractivity contribution is 6.36. The molecule has 0 fully saturated rings. The number of ether oxygens (including phenoxy) is 1. The number of nitrogens with zero attached hydrogens (tertiary/aromatic N) is 1. The second kappa shape index (κ2) is 6.58. The first-order valence-corrected chi connectivity index (χ1v) is 9.78. The molecule has 0 unspecified atom stereocenters. The average Bonchev–Trinajstić information content (AvgIpc) is 3.20. The van der Waals surface area contributed by atoms with Crippen LogP contribution in [0.1, 0.15) is 31.1 Å². The van der Waals surface area contributed by atoms with E-state index in [1.807, 2.05) is 23.7 Å². The minimum Gasteiger partial charge on any atom is -0.496 e. The molecule has 0 aliphatic carbocycles. The standard InChI is InChI=1S/C23H16ClN3O4/c1-27-15-8-13(21(25)28)17(31-2)9-12(15)18-16(27)7-11(10-5-3-4-6-14(10)24)19-20(18)23(30)26-22(19)29/h3-9H,1-2H3,(H2,25,28)(H,26,29,30). The Morgan fingerprint density at radius 1 is 1.03 bits per heavy atom. The average molecular weight is 434 g/mol. The summed E-state index contributed by atoms with van der Waals surface area (Å²) in [6, 6.07) is 12.3. The summed E-state index contributed by atoms with van der Waals surface area (Å²) in [5.74, 6) is -1.29. The first-order chi connectivity index (χ1) is 14.8. The number of halogens is 1. The molecule has 2 heterocycles. The van der Waals surface area contributed by atoms with Gasteiger partial charge in [0.15, 0.2) is 0 Å². The normalized spacial score (nSPS) is 13.0. The summed E-state index contributed by atoms with van der Waals surface area (Å²) >= 11 is 6.42. The van der Waals surface area contributed by atoms with Crippen LogP contribution in [0.25, 0.3) is 32.9 Å². The van der Waals surface area contributed by atoms with Crippen molar-refractivity contribution in [1.82, 2.24) is 9.88 Å². The van der Waals surface area contributed by atoms with Crippen LogP contribution in [0.2, 0.25) is 5.02 Å². The number of benzene rings is 3. The first kappa shape index (κ1) is 19.1. The van der Waals surface area contributed by atoms with Crippen molar-refractivity contribution in [3.63, 3.8) is 0 Å². The molecule has 0 spiro atoms. The summed E-state index contributed by atoms with van der Waals surface area (Å²) < 4.78 is 7.21. The Kier molecular flexibility index (Phi) is 4.06. The highest BCUT2D eigenvalue weighted by Gasteiger charge is 2.35. The van der Waals surface area contributed by atoms with Gasteiger partial charge in [0.1, 0.15) is 5.75 Å². The van der Waals surface area contributed by atoms with E-state index >= 15 is 0 Å². The van der Waals surface area contributed by atoms with Gasteiger partial charge in [-0.2, -0.15) is 0 Å². The summed E-state index contributed by atoms with van der Waals surface area (Å²) in [6.45, 7) is 0. The summed E-state index contributed by atoms with van der Waals surface area (Å²) in [4.78, 5) is 37.5. The summed E-state index contributed by atoms with van der Waals surface area (Å²) in [7, 11) is 3.26. The lowest BCUT2D eigenvalue weighted by Crippen LogP contribution is -2.20. The van der Waals surface area contributed by atoms with Crippen LogP contribution in [-0.2, 0) is 7.05 Å². The molecule has 0 saturated carbocycles. The van der Waals surface area contributed by atoms with Gasteiger partial charge in [0.25, 0.3) is 17.7 Å². The van der Waals surface area contributed by atoms with Crippen LogP contribution >= 0.6 is 11.6 Å². The van der Waals surface area contributed by atoms with Crippen molar-refractivity contribution in [2.24, 2.45) is 12.8 Å². The Bertz CT molecular complexity index is 1490. The SMILES string of the molecule is COc1cc2c3c4c(c(-c5ccccc5Cl)cc3n(C)c2cc1C(N)=O)C(=O)NC4=O. The number of methoxy groups -OCH3 is 1. The third-order valence-electron chi connectivity index (χ3n) is 5.73. The van der Waals surface area contributed by atoms with E-state index in [0.717, 1.165) is 0 Å². The van der Waals surface area contributed by atoms with E-state index in [-0.39, 0.29) is 16.7 Å². The maximum atomic E-state index is 12.9. The van der Waals surface area contributed by atoms with Crippen LogP contribution in [-0.4, -0.2) is 29.4 Å². The molecule has 154 valence electrons. The number of nitrogens with two attached hydrogens (primary N) is 1. The number of hydrogen-bond acceptors (Lipinski definition) is 4. The van der Waals surface area contributed by atoms with Crippen molar-refractivity contribution < 1.29 is 19.1 Å². The van der Waals surface area contributed by atoms with Crippen molar-refractivity contribution >= 4 is 51.1 Å². The molecule has 0 saturated heterocycles. The van der Waals surface area contributed by atoms with Crippen molar-refractivity contribution in [2.75, 3.05) is 7.11 Å². The predicted octanol–water partition coefficient (Wildman–Crippen LogP) is 3.64. The topological polar surface area (TPSA) is 103 Å². The van der Waals surface area contributed by atoms with Gasteiger partial charge < -0.3 is 15.0 Å². The monoisotopic (exact) mass is 433 g/mol. The summed E-state index contributed by atoms with van der Waals surface area (Å²) in [6.07, 6.45) is 0. The van der Waals surface area contributed by atoms with E-state index in [4.69, 9.17) is 22.1 Å². The zero-order chi connectivity index (χ0) is 22.0. The maximum Gasteiger partial charge on any atom is 0.259 e. The third kappa shape index (κ3) is 2.56. The number of carbonyl (C=O) groups excluding carboxylic acids is 3. The van der Waals surface area contributed by atoms with Crippen molar-refractivity contribution in [2.45, 2.75) is 0 Å². The number of rotatable bonds is 3. The summed E-state index contributed by atoms with van der Waals surface area (Å²) in [5, 5.41) is 4.14. The van der Waals surface area contributed by atoms with Crippen LogP contribution in [0.15, 0.2) is 42.5 Å². The second-order valence-corrected chi connectivity index (χ2v) is 7.73. The molecule has 8 heteroatoms. The van der Waals surface area contributed by atoms with Gasteiger partial charge in [-0.05, 0) is 29.8 Å². The fourth-order valence-electron chi connectivity index (χ4n) is 4.33. The van der Waals surface area contributed by atoms with Gasteiger partial charge in [-0.15, -0.1) is 0 Å². The van der Waals surface area contributed by atoms with E-state index in [1.54, 1.807) is 30.3 Å².